The minimum absolute atomic E-state index is 0.172. The zero-order valence-electron chi connectivity index (χ0n) is 15.0. The van der Waals surface area contributed by atoms with Crippen molar-refractivity contribution in [2.24, 2.45) is 0 Å². The van der Waals surface area contributed by atoms with Gasteiger partial charge >= 0.3 is 6.03 Å². The van der Waals surface area contributed by atoms with Gasteiger partial charge in [-0.1, -0.05) is 37.3 Å². The Morgan fingerprint density at radius 3 is 2.62 bits per heavy atom. The predicted octanol–water partition coefficient (Wildman–Crippen LogP) is 3.65. The normalized spacial score (nSPS) is 10.7. The lowest BCUT2D eigenvalue weighted by Crippen LogP contribution is -2.38. The lowest BCUT2D eigenvalue weighted by Gasteiger charge is -2.09. The Morgan fingerprint density at radius 2 is 1.81 bits per heavy atom. The third-order valence-electron chi connectivity index (χ3n) is 4.34. The highest BCUT2D eigenvalue weighted by Gasteiger charge is 2.04. The second kappa shape index (κ2) is 8.94. The standard InChI is InChI=1S/C21H25N3O2/c1-2-16-7-9-18(10-8-16)26-14-13-23-21(25)22-12-11-17-15-24-20-6-4-3-5-19(17)20/h3-10,15,24H,2,11-14H2,1H3,(H2,22,23,25). The first-order valence-corrected chi connectivity index (χ1v) is 9.04. The third kappa shape index (κ3) is 4.79. The van der Waals surface area contributed by atoms with Gasteiger partial charge in [0.1, 0.15) is 12.4 Å². The highest BCUT2D eigenvalue weighted by molar-refractivity contribution is 5.83. The summed E-state index contributed by atoms with van der Waals surface area (Å²) in [5, 5.41) is 6.90. The number of urea groups is 1. The van der Waals surface area contributed by atoms with Crippen LogP contribution in [0.4, 0.5) is 4.79 Å². The first-order valence-electron chi connectivity index (χ1n) is 9.04. The minimum atomic E-state index is -0.172. The number of carbonyl (C=O) groups is 1. The highest BCUT2D eigenvalue weighted by Crippen LogP contribution is 2.17. The fraction of sp³-hybridized carbons (Fsp3) is 0.286. The number of para-hydroxylation sites is 1. The molecule has 0 aliphatic carbocycles. The Hall–Kier alpha value is -2.95. The van der Waals surface area contributed by atoms with Gasteiger partial charge in [0.25, 0.3) is 0 Å². The first kappa shape index (κ1) is 17.9. The van der Waals surface area contributed by atoms with Crippen molar-refractivity contribution < 1.29 is 9.53 Å². The van der Waals surface area contributed by atoms with E-state index in [1.54, 1.807) is 0 Å². The van der Waals surface area contributed by atoms with Gasteiger partial charge in [-0.3, -0.25) is 0 Å². The average Bonchev–Trinajstić information content (AvgIpc) is 3.09. The molecule has 0 spiro atoms. The van der Waals surface area contributed by atoms with Crippen molar-refractivity contribution in [2.45, 2.75) is 19.8 Å². The fourth-order valence-electron chi connectivity index (χ4n) is 2.87. The number of rotatable bonds is 8. The summed E-state index contributed by atoms with van der Waals surface area (Å²) in [4.78, 5) is 15.1. The summed E-state index contributed by atoms with van der Waals surface area (Å²) in [5.41, 5.74) is 3.61. The summed E-state index contributed by atoms with van der Waals surface area (Å²) >= 11 is 0. The number of ether oxygens (including phenoxy) is 1. The number of hydrogen-bond acceptors (Lipinski definition) is 2. The van der Waals surface area contributed by atoms with Gasteiger partial charge in [-0.05, 0) is 42.2 Å². The zero-order chi connectivity index (χ0) is 18.2. The number of benzene rings is 2. The number of fused-ring (bicyclic) bond motifs is 1. The topological polar surface area (TPSA) is 66.2 Å². The summed E-state index contributed by atoms with van der Waals surface area (Å²) < 4.78 is 5.62. The zero-order valence-corrected chi connectivity index (χ0v) is 15.0. The Kier molecular flexibility index (Phi) is 6.14. The molecule has 5 heteroatoms. The van der Waals surface area contributed by atoms with Crippen molar-refractivity contribution in [2.75, 3.05) is 19.7 Å². The number of nitrogens with one attached hydrogen (secondary N) is 3. The molecule has 2 aromatic carbocycles. The fourth-order valence-corrected chi connectivity index (χ4v) is 2.87. The molecule has 1 heterocycles. The van der Waals surface area contributed by atoms with E-state index in [9.17, 15) is 4.79 Å². The van der Waals surface area contributed by atoms with Crippen molar-refractivity contribution in [1.29, 1.82) is 0 Å². The van der Waals surface area contributed by atoms with Crippen molar-refractivity contribution in [3.8, 4) is 5.75 Å². The van der Waals surface area contributed by atoms with Gasteiger partial charge in [0.15, 0.2) is 0 Å². The third-order valence-corrected chi connectivity index (χ3v) is 4.34. The van der Waals surface area contributed by atoms with Crippen LogP contribution in [-0.4, -0.2) is 30.7 Å². The molecule has 0 atom stereocenters. The van der Waals surface area contributed by atoms with Crippen LogP contribution in [0, 0.1) is 0 Å². The van der Waals surface area contributed by atoms with E-state index in [2.05, 4.69) is 46.8 Å². The molecule has 0 saturated heterocycles. The maximum absolute atomic E-state index is 11.8. The van der Waals surface area contributed by atoms with Crippen LogP contribution in [-0.2, 0) is 12.8 Å². The Morgan fingerprint density at radius 1 is 1.04 bits per heavy atom. The molecule has 2 amide bonds. The summed E-state index contributed by atoms with van der Waals surface area (Å²) in [6.45, 7) is 3.62. The van der Waals surface area contributed by atoms with Crippen LogP contribution in [0.15, 0.2) is 54.7 Å². The monoisotopic (exact) mass is 351 g/mol. The Balaban J connectivity index is 1.33. The second-order valence-corrected chi connectivity index (χ2v) is 6.14. The molecule has 0 radical (unpaired) electrons. The molecule has 26 heavy (non-hydrogen) atoms. The maximum atomic E-state index is 11.8. The molecule has 0 aliphatic rings. The van der Waals surface area contributed by atoms with Gasteiger partial charge in [0.2, 0.25) is 0 Å². The van der Waals surface area contributed by atoms with Crippen molar-refractivity contribution >= 4 is 16.9 Å². The van der Waals surface area contributed by atoms with Crippen LogP contribution in [0.2, 0.25) is 0 Å². The first-order chi connectivity index (χ1) is 12.8. The molecule has 0 fully saturated rings. The van der Waals surface area contributed by atoms with Crippen molar-refractivity contribution in [3.63, 3.8) is 0 Å². The van der Waals surface area contributed by atoms with E-state index in [1.165, 1.54) is 16.5 Å². The van der Waals surface area contributed by atoms with E-state index >= 15 is 0 Å². The van der Waals surface area contributed by atoms with Crippen LogP contribution in [0.5, 0.6) is 5.75 Å². The van der Waals surface area contributed by atoms with Crippen LogP contribution < -0.4 is 15.4 Å². The van der Waals surface area contributed by atoms with Crippen LogP contribution in [0.25, 0.3) is 10.9 Å². The number of H-pyrrole nitrogens is 1. The SMILES string of the molecule is CCc1ccc(OCCNC(=O)NCCc2c[nH]c3ccccc23)cc1. The molecular weight excluding hydrogens is 326 g/mol. The van der Waals surface area contributed by atoms with E-state index in [-0.39, 0.29) is 6.03 Å². The molecule has 3 N–H and O–H groups in total. The van der Waals surface area contributed by atoms with E-state index in [0.29, 0.717) is 19.7 Å². The predicted molar refractivity (Wildman–Crippen MR) is 105 cm³/mol. The molecule has 0 bridgehead atoms. The van der Waals surface area contributed by atoms with Crippen LogP contribution in [0.1, 0.15) is 18.1 Å². The molecule has 0 saturated carbocycles. The van der Waals surface area contributed by atoms with E-state index in [4.69, 9.17) is 4.74 Å². The van der Waals surface area contributed by atoms with Crippen LogP contribution in [0.3, 0.4) is 0 Å². The second-order valence-electron chi connectivity index (χ2n) is 6.14. The minimum Gasteiger partial charge on any atom is -0.492 e. The lowest BCUT2D eigenvalue weighted by atomic mass is 10.1. The maximum Gasteiger partial charge on any atom is 0.314 e. The lowest BCUT2D eigenvalue weighted by molar-refractivity contribution is 0.236. The summed E-state index contributed by atoms with van der Waals surface area (Å²) in [7, 11) is 0. The Bertz CT molecular complexity index is 840. The smallest absolute Gasteiger partial charge is 0.314 e. The van der Waals surface area contributed by atoms with Gasteiger partial charge in [-0.2, -0.15) is 0 Å². The number of aromatic amines is 1. The molecule has 3 rings (SSSR count). The number of aromatic nitrogens is 1. The number of amides is 2. The number of hydrogen-bond donors (Lipinski definition) is 3. The number of aryl methyl sites for hydroxylation is 1. The molecular formula is C21H25N3O2. The molecule has 136 valence electrons. The van der Waals surface area contributed by atoms with E-state index < -0.39 is 0 Å². The van der Waals surface area contributed by atoms with Gasteiger partial charge in [0, 0.05) is 23.6 Å². The Labute approximate surface area is 153 Å². The summed E-state index contributed by atoms with van der Waals surface area (Å²) in [6, 6.07) is 16.0. The summed E-state index contributed by atoms with van der Waals surface area (Å²) in [5.74, 6) is 0.823. The van der Waals surface area contributed by atoms with Crippen molar-refractivity contribution in [1.82, 2.24) is 15.6 Å². The van der Waals surface area contributed by atoms with Crippen LogP contribution >= 0.6 is 0 Å². The van der Waals surface area contributed by atoms with E-state index in [0.717, 1.165) is 24.1 Å². The quantitative estimate of drug-likeness (QED) is 0.542. The van der Waals surface area contributed by atoms with Gasteiger partial charge in [-0.25, -0.2) is 4.79 Å². The van der Waals surface area contributed by atoms with Gasteiger partial charge < -0.3 is 20.4 Å². The average molecular weight is 351 g/mol. The molecule has 0 unspecified atom stereocenters. The van der Waals surface area contributed by atoms with Crippen molar-refractivity contribution in [3.05, 3.63) is 65.9 Å². The van der Waals surface area contributed by atoms with Gasteiger partial charge in [-0.15, -0.1) is 0 Å². The highest BCUT2D eigenvalue weighted by atomic mass is 16.5. The molecule has 1 aromatic heterocycles. The van der Waals surface area contributed by atoms with Gasteiger partial charge in [0.05, 0.1) is 6.54 Å². The molecule has 0 aliphatic heterocycles. The summed E-state index contributed by atoms with van der Waals surface area (Å²) in [6.07, 6.45) is 3.81. The molecule has 5 nitrogen and oxygen atoms in total. The molecule has 3 aromatic rings. The van der Waals surface area contributed by atoms with E-state index in [1.807, 2.05) is 30.5 Å². The largest absolute Gasteiger partial charge is 0.492 e. The number of carbonyl (C=O) groups excluding carboxylic acids is 1.